The van der Waals surface area contributed by atoms with Gasteiger partial charge in [0.1, 0.15) is 18.5 Å². The second-order valence-electron chi connectivity index (χ2n) is 6.31. The monoisotopic (exact) mass is 327 g/mol. The van der Waals surface area contributed by atoms with Crippen molar-refractivity contribution in [1.29, 1.82) is 0 Å². The molecule has 1 aliphatic heterocycles. The smallest absolute Gasteiger partial charge is 0.120 e. The molecule has 0 aromatic heterocycles. The Morgan fingerprint density at radius 1 is 1.27 bits per heavy atom. The highest BCUT2D eigenvalue weighted by Crippen LogP contribution is 2.26. The zero-order valence-electron chi connectivity index (χ0n) is 13.8. The summed E-state index contributed by atoms with van der Waals surface area (Å²) < 4.78 is 11.4. The topological polar surface area (TPSA) is 41.9 Å². The maximum absolute atomic E-state index is 10.2. The molecule has 2 rings (SSSR count). The number of aryl methyl sites for hydroxylation is 2. The van der Waals surface area contributed by atoms with E-state index in [4.69, 9.17) is 21.1 Å². The quantitative estimate of drug-likeness (QED) is 0.903. The molecule has 0 aliphatic carbocycles. The first-order valence-electron chi connectivity index (χ1n) is 7.80. The lowest BCUT2D eigenvalue weighted by Crippen LogP contribution is -2.48. The predicted molar refractivity (Wildman–Crippen MR) is 88.9 cm³/mol. The lowest BCUT2D eigenvalue weighted by molar-refractivity contribution is -0.0786. The number of morpholine rings is 1. The van der Waals surface area contributed by atoms with Crippen molar-refractivity contribution in [3.8, 4) is 5.75 Å². The Kier molecular flexibility index (Phi) is 6.09. The van der Waals surface area contributed by atoms with E-state index in [1.807, 2.05) is 26.0 Å². The summed E-state index contributed by atoms with van der Waals surface area (Å²) >= 11 is 6.15. The SMILES string of the molecule is Cc1cc(OCC(O)CN2CC(C)OC(C)C2)cc(C)c1Cl. The zero-order chi connectivity index (χ0) is 16.3. The van der Waals surface area contributed by atoms with Crippen LogP contribution in [-0.4, -0.2) is 54.6 Å². The molecule has 4 nitrogen and oxygen atoms in total. The molecule has 0 radical (unpaired) electrons. The van der Waals surface area contributed by atoms with Crippen molar-refractivity contribution in [3.05, 3.63) is 28.3 Å². The molecule has 1 saturated heterocycles. The predicted octanol–water partition coefficient (Wildman–Crippen LogP) is 2.81. The molecule has 1 aliphatic rings. The van der Waals surface area contributed by atoms with E-state index >= 15 is 0 Å². The average Bonchev–Trinajstić information content (AvgIpc) is 2.41. The molecule has 1 fully saturated rings. The van der Waals surface area contributed by atoms with Crippen LogP contribution >= 0.6 is 11.6 Å². The Bertz CT molecular complexity index is 476. The first-order chi connectivity index (χ1) is 10.3. The summed E-state index contributed by atoms with van der Waals surface area (Å²) in [6.07, 6.45) is -0.106. The number of hydrogen-bond acceptors (Lipinski definition) is 4. The van der Waals surface area contributed by atoms with Crippen LogP contribution < -0.4 is 4.74 Å². The molecule has 1 heterocycles. The van der Waals surface area contributed by atoms with Gasteiger partial charge in [-0.1, -0.05) is 11.6 Å². The molecule has 1 aromatic carbocycles. The third-order valence-electron chi connectivity index (χ3n) is 3.82. The second-order valence-corrected chi connectivity index (χ2v) is 6.69. The normalized spacial score (nSPS) is 24.3. The minimum Gasteiger partial charge on any atom is -0.491 e. The van der Waals surface area contributed by atoms with E-state index in [0.717, 1.165) is 35.0 Å². The van der Waals surface area contributed by atoms with E-state index in [1.54, 1.807) is 0 Å². The Labute approximate surface area is 138 Å². The van der Waals surface area contributed by atoms with Crippen molar-refractivity contribution >= 4 is 11.6 Å². The van der Waals surface area contributed by atoms with Gasteiger partial charge in [-0.15, -0.1) is 0 Å². The summed E-state index contributed by atoms with van der Waals surface area (Å²) in [6.45, 7) is 10.6. The third-order valence-corrected chi connectivity index (χ3v) is 4.41. The minimum absolute atomic E-state index is 0.207. The lowest BCUT2D eigenvalue weighted by atomic mass is 10.1. The van der Waals surface area contributed by atoms with Gasteiger partial charge >= 0.3 is 0 Å². The number of halogens is 1. The highest BCUT2D eigenvalue weighted by Gasteiger charge is 2.23. The van der Waals surface area contributed by atoms with Crippen LogP contribution in [-0.2, 0) is 4.74 Å². The summed E-state index contributed by atoms with van der Waals surface area (Å²) in [5, 5.41) is 11.0. The van der Waals surface area contributed by atoms with Crippen molar-refractivity contribution in [2.24, 2.45) is 0 Å². The zero-order valence-corrected chi connectivity index (χ0v) is 14.6. The Balaban J connectivity index is 1.84. The first-order valence-corrected chi connectivity index (χ1v) is 8.18. The fourth-order valence-corrected chi connectivity index (χ4v) is 3.08. The summed E-state index contributed by atoms with van der Waals surface area (Å²) in [5.74, 6) is 0.752. The summed E-state index contributed by atoms with van der Waals surface area (Å²) in [5.41, 5.74) is 1.98. The van der Waals surface area contributed by atoms with E-state index in [-0.39, 0.29) is 18.8 Å². The van der Waals surface area contributed by atoms with E-state index in [1.165, 1.54) is 0 Å². The van der Waals surface area contributed by atoms with Gasteiger partial charge < -0.3 is 14.6 Å². The molecule has 1 aromatic rings. The molecular weight excluding hydrogens is 302 g/mol. The summed E-state index contributed by atoms with van der Waals surface area (Å²) in [4.78, 5) is 2.23. The highest BCUT2D eigenvalue weighted by molar-refractivity contribution is 6.32. The number of benzene rings is 1. The molecule has 3 atom stereocenters. The van der Waals surface area contributed by atoms with Crippen LogP contribution in [0.4, 0.5) is 0 Å². The molecule has 124 valence electrons. The molecule has 3 unspecified atom stereocenters. The van der Waals surface area contributed by atoms with E-state index in [2.05, 4.69) is 18.7 Å². The van der Waals surface area contributed by atoms with E-state index < -0.39 is 6.10 Å². The van der Waals surface area contributed by atoms with Gasteiger partial charge in [0.05, 0.1) is 12.2 Å². The number of aliphatic hydroxyl groups is 1. The molecule has 0 amide bonds. The third kappa shape index (κ3) is 4.85. The van der Waals surface area contributed by atoms with Crippen LogP contribution in [0.1, 0.15) is 25.0 Å². The van der Waals surface area contributed by atoms with Gasteiger partial charge in [0.15, 0.2) is 0 Å². The number of ether oxygens (including phenoxy) is 2. The number of aliphatic hydroxyl groups excluding tert-OH is 1. The van der Waals surface area contributed by atoms with Gasteiger partial charge in [0, 0.05) is 24.7 Å². The van der Waals surface area contributed by atoms with E-state index in [0.29, 0.717) is 6.54 Å². The van der Waals surface area contributed by atoms with Crippen LogP contribution in [0.25, 0.3) is 0 Å². The Hall–Kier alpha value is -0.810. The standard InChI is InChI=1S/C17H26ClNO3/c1-11-5-16(6-12(2)17(11)18)21-10-15(20)9-19-7-13(3)22-14(4)8-19/h5-6,13-15,20H,7-10H2,1-4H3. The Morgan fingerprint density at radius 3 is 2.36 bits per heavy atom. The van der Waals surface area contributed by atoms with Gasteiger partial charge in [-0.2, -0.15) is 0 Å². The fourth-order valence-electron chi connectivity index (χ4n) is 2.97. The maximum Gasteiger partial charge on any atom is 0.120 e. The van der Waals surface area contributed by atoms with Gasteiger partial charge in [-0.25, -0.2) is 0 Å². The second kappa shape index (κ2) is 7.64. The fraction of sp³-hybridized carbons (Fsp3) is 0.647. The molecule has 0 spiro atoms. The highest BCUT2D eigenvalue weighted by atomic mass is 35.5. The van der Waals surface area contributed by atoms with E-state index in [9.17, 15) is 5.11 Å². The summed E-state index contributed by atoms with van der Waals surface area (Å²) in [6, 6.07) is 3.81. The largest absolute Gasteiger partial charge is 0.491 e. The number of β-amino-alcohol motifs (C(OH)–C–C–N with tert-alkyl or cyclic N) is 1. The first kappa shape index (κ1) is 17.5. The molecule has 0 saturated carbocycles. The molecule has 22 heavy (non-hydrogen) atoms. The van der Waals surface area contributed by atoms with Crippen molar-refractivity contribution in [3.63, 3.8) is 0 Å². The van der Waals surface area contributed by atoms with Gasteiger partial charge in [0.25, 0.3) is 0 Å². The number of nitrogens with zero attached hydrogens (tertiary/aromatic N) is 1. The van der Waals surface area contributed by atoms with Crippen LogP contribution in [0, 0.1) is 13.8 Å². The average molecular weight is 328 g/mol. The van der Waals surface area contributed by atoms with Gasteiger partial charge in [0.2, 0.25) is 0 Å². The van der Waals surface area contributed by atoms with Crippen molar-refractivity contribution < 1.29 is 14.6 Å². The maximum atomic E-state index is 10.2. The van der Waals surface area contributed by atoms with Crippen molar-refractivity contribution in [1.82, 2.24) is 4.90 Å². The molecular formula is C17H26ClNO3. The number of hydrogen-bond donors (Lipinski definition) is 1. The van der Waals surface area contributed by atoms with Gasteiger partial charge in [-0.3, -0.25) is 4.90 Å². The Morgan fingerprint density at radius 2 is 1.82 bits per heavy atom. The van der Waals surface area contributed by atoms with Gasteiger partial charge in [-0.05, 0) is 51.0 Å². The van der Waals surface area contributed by atoms with Crippen LogP contribution in [0.5, 0.6) is 5.75 Å². The lowest BCUT2D eigenvalue weighted by Gasteiger charge is -2.36. The van der Waals surface area contributed by atoms with Crippen LogP contribution in [0.3, 0.4) is 0 Å². The number of rotatable bonds is 5. The van der Waals surface area contributed by atoms with Crippen LogP contribution in [0.2, 0.25) is 5.02 Å². The summed E-state index contributed by atoms with van der Waals surface area (Å²) in [7, 11) is 0. The molecule has 5 heteroatoms. The van der Waals surface area contributed by atoms with Crippen molar-refractivity contribution in [2.45, 2.75) is 46.0 Å². The molecule has 1 N–H and O–H groups in total. The minimum atomic E-state index is -0.520. The molecule has 0 bridgehead atoms. The van der Waals surface area contributed by atoms with Crippen LogP contribution in [0.15, 0.2) is 12.1 Å². The van der Waals surface area contributed by atoms with Crippen molar-refractivity contribution in [2.75, 3.05) is 26.2 Å².